The highest BCUT2D eigenvalue weighted by Crippen LogP contribution is 2.29. The van der Waals surface area contributed by atoms with Crippen LogP contribution in [0.2, 0.25) is 0 Å². The standard InChI is InChI=1S/C14H17NOS/c1-9-5-6-11(7-10(9)2)12-8-17-13(15-12)14(3,4)16/h5-8,16H,1-4H3. The Morgan fingerprint density at radius 2 is 1.88 bits per heavy atom. The first-order valence-electron chi connectivity index (χ1n) is 5.64. The molecule has 2 nitrogen and oxygen atoms in total. The summed E-state index contributed by atoms with van der Waals surface area (Å²) in [4.78, 5) is 4.49. The van der Waals surface area contributed by atoms with Gasteiger partial charge in [0.1, 0.15) is 10.6 Å². The van der Waals surface area contributed by atoms with Crippen LogP contribution in [-0.2, 0) is 5.60 Å². The number of hydrogen-bond donors (Lipinski definition) is 1. The molecular formula is C14H17NOS. The van der Waals surface area contributed by atoms with Gasteiger partial charge in [-0.05, 0) is 44.9 Å². The Kier molecular flexibility index (Phi) is 3.06. The van der Waals surface area contributed by atoms with Crippen LogP contribution in [0.3, 0.4) is 0 Å². The minimum atomic E-state index is -0.858. The molecule has 0 saturated carbocycles. The molecule has 17 heavy (non-hydrogen) atoms. The second-order valence-electron chi connectivity index (χ2n) is 4.90. The molecular weight excluding hydrogens is 230 g/mol. The van der Waals surface area contributed by atoms with Crippen molar-refractivity contribution in [2.45, 2.75) is 33.3 Å². The quantitative estimate of drug-likeness (QED) is 0.878. The van der Waals surface area contributed by atoms with Crippen molar-refractivity contribution in [3.63, 3.8) is 0 Å². The van der Waals surface area contributed by atoms with Crippen molar-refractivity contribution in [3.05, 3.63) is 39.7 Å². The molecule has 0 aliphatic rings. The average Bonchev–Trinajstić information content (AvgIpc) is 2.70. The highest BCUT2D eigenvalue weighted by atomic mass is 32.1. The van der Waals surface area contributed by atoms with Gasteiger partial charge in [-0.3, -0.25) is 0 Å². The monoisotopic (exact) mass is 247 g/mol. The molecule has 0 spiro atoms. The van der Waals surface area contributed by atoms with Gasteiger partial charge >= 0.3 is 0 Å². The lowest BCUT2D eigenvalue weighted by Crippen LogP contribution is -2.14. The van der Waals surface area contributed by atoms with Crippen LogP contribution in [0.4, 0.5) is 0 Å². The van der Waals surface area contributed by atoms with E-state index in [2.05, 4.69) is 37.0 Å². The maximum Gasteiger partial charge on any atom is 0.124 e. The maximum absolute atomic E-state index is 9.90. The second-order valence-corrected chi connectivity index (χ2v) is 5.75. The van der Waals surface area contributed by atoms with E-state index in [-0.39, 0.29) is 0 Å². The fraction of sp³-hybridized carbons (Fsp3) is 0.357. The molecule has 0 aliphatic carbocycles. The number of hydrogen-bond acceptors (Lipinski definition) is 3. The first kappa shape index (κ1) is 12.3. The van der Waals surface area contributed by atoms with Crippen molar-refractivity contribution in [1.82, 2.24) is 4.98 Å². The smallest absolute Gasteiger partial charge is 0.124 e. The molecule has 0 unspecified atom stereocenters. The van der Waals surface area contributed by atoms with Gasteiger partial charge in [0.2, 0.25) is 0 Å². The summed E-state index contributed by atoms with van der Waals surface area (Å²) in [6.45, 7) is 7.72. The number of benzene rings is 1. The van der Waals surface area contributed by atoms with E-state index < -0.39 is 5.60 Å². The minimum absolute atomic E-state index is 0.755. The summed E-state index contributed by atoms with van der Waals surface area (Å²) in [5.41, 5.74) is 3.74. The molecule has 1 aromatic heterocycles. The zero-order chi connectivity index (χ0) is 12.6. The molecule has 2 rings (SSSR count). The topological polar surface area (TPSA) is 33.1 Å². The summed E-state index contributed by atoms with van der Waals surface area (Å²) in [7, 11) is 0. The number of aromatic nitrogens is 1. The fourth-order valence-electron chi connectivity index (χ4n) is 1.59. The largest absolute Gasteiger partial charge is 0.383 e. The van der Waals surface area contributed by atoms with E-state index in [9.17, 15) is 5.11 Å². The Bertz CT molecular complexity index is 537. The number of nitrogens with zero attached hydrogens (tertiary/aromatic N) is 1. The van der Waals surface area contributed by atoms with Crippen LogP contribution in [0.15, 0.2) is 23.6 Å². The van der Waals surface area contributed by atoms with Gasteiger partial charge in [0.15, 0.2) is 0 Å². The Labute approximate surface area is 106 Å². The van der Waals surface area contributed by atoms with Crippen molar-refractivity contribution < 1.29 is 5.11 Å². The van der Waals surface area contributed by atoms with Crippen LogP contribution in [0.1, 0.15) is 30.0 Å². The Balaban J connectivity index is 2.40. The van der Waals surface area contributed by atoms with E-state index in [0.29, 0.717) is 0 Å². The average molecular weight is 247 g/mol. The molecule has 0 radical (unpaired) electrons. The molecule has 0 aliphatic heterocycles. The van der Waals surface area contributed by atoms with Gasteiger partial charge in [-0.2, -0.15) is 0 Å². The van der Waals surface area contributed by atoms with Gasteiger partial charge in [-0.25, -0.2) is 4.98 Å². The molecule has 0 atom stereocenters. The summed E-state index contributed by atoms with van der Waals surface area (Å²) < 4.78 is 0. The summed E-state index contributed by atoms with van der Waals surface area (Å²) in [5.74, 6) is 0. The first-order valence-corrected chi connectivity index (χ1v) is 6.52. The molecule has 0 fully saturated rings. The molecule has 0 bridgehead atoms. The highest BCUT2D eigenvalue weighted by Gasteiger charge is 2.20. The van der Waals surface area contributed by atoms with Gasteiger partial charge in [0.25, 0.3) is 0 Å². The Morgan fingerprint density at radius 3 is 2.41 bits per heavy atom. The predicted molar refractivity (Wildman–Crippen MR) is 72.3 cm³/mol. The fourth-order valence-corrected chi connectivity index (χ4v) is 2.44. The van der Waals surface area contributed by atoms with Crippen LogP contribution in [0, 0.1) is 13.8 Å². The summed E-state index contributed by atoms with van der Waals surface area (Å²) in [6, 6.07) is 6.32. The number of aliphatic hydroxyl groups is 1. The Morgan fingerprint density at radius 1 is 1.18 bits per heavy atom. The second kappa shape index (κ2) is 4.24. The van der Waals surface area contributed by atoms with Gasteiger partial charge in [-0.15, -0.1) is 11.3 Å². The Hall–Kier alpha value is -1.19. The van der Waals surface area contributed by atoms with E-state index in [1.807, 2.05) is 5.38 Å². The molecule has 90 valence electrons. The zero-order valence-corrected chi connectivity index (χ0v) is 11.4. The number of thiazole rings is 1. The van der Waals surface area contributed by atoms with E-state index in [4.69, 9.17) is 0 Å². The zero-order valence-electron chi connectivity index (χ0n) is 10.6. The normalized spacial score (nSPS) is 11.8. The molecule has 1 aromatic carbocycles. The van der Waals surface area contributed by atoms with Crippen LogP contribution in [-0.4, -0.2) is 10.1 Å². The van der Waals surface area contributed by atoms with E-state index in [0.717, 1.165) is 16.3 Å². The first-order chi connectivity index (χ1) is 7.88. The lowest BCUT2D eigenvalue weighted by molar-refractivity contribution is 0.0783. The lowest BCUT2D eigenvalue weighted by Gasteiger charge is -2.12. The predicted octanol–water partition coefficient (Wildman–Crippen LogP) is 3.65. The summed E-state index contributed by atoms with van der Waals surface area (Å²) >= 11 is 1.50. The third-order valence-corrected chi connectivity index (χ3v) is 3.99. The van der Waals surface area contributed by atoms with Crippen molar-refractivity contribution in [2.75, 3.05) is 0 Å². The summed E-state index contributed by atoms with van der Waals surface area (Å²) in [6.07, 6.45) is 0. The van der Waals surface area contributed by atoms with Crippen molar-refractivity contribution in [1.29, 1.82) is 0 Å². The molecule has 1 N–H and O–H groups in total. The van der Waals surface area contributed by atoms with Crippen molar-refractivity contribution in [2.24, 2.45) is 0 Å². The van der Waals surface area contributed by atoms with Crippen molar-refractivity contribution in [3.8, 4) is 11.3 Å². The molecule has 3 heteroatoms. The number of rotatable bonds is 2. The van der Waals surface area contributed by atoms with Crippen LogP contribution >= 0.6 is 11.3 Å². The maximum atomic E-state index is 9.90. The van der Waals surface area contributed by atoms with E-state index >= 15 is 0 Å². The molecule has 0 amide bonds. The summed E-state index contributed by atoms with van der Waals surface area (Å²) in [5, 5.41) is 12.6. The third kappa shape index (κ3) is 2.56. The van der Waals surface area contributed by atoms with E-state index in [1.54, 1.807) is 13.8 Å². The molecule has 0 saturated heterocycles. The van der Waals surface area contributed by atoms with Gasteiger partial charge in [0, 0.05) is 10.9 Å². The van der Waals surface area contributed by atoms with Gasteiger partial charge < -0.3 is 5.11 Å². The van der Waals surface area contributed by atoms with Gasteiger partial charge in [-0.1, -0.05) is 12.1 Å². The minimum Gasteiger partial charge on any atom is -0.383 e. The highest BCUT2D eigenvalue weighted by molar-refractivity contribution is 7.10. The molecule has 1 heterocycles. The molecule has 2 aromatic rings. The number of aryl methyl sites for hydroxylation is 2. The van der Waals surface area contributed by atoms with Gasteiger partial charge in [0.05, 0.1) is 5.69 Å². The van der Waals surface area contributed by atoms with E-state index in [1.165, 1.54) is 22.5 Å². The SMILES string of the molecule is Cc1ccc(-c2csc(C(C)(C)O)n2)cc1C. The third-order valence-electron chi connectivity index (χ3n) is 2.83. The van der Waals surface area contributed by atoms with Crippen LogP contribution in [0.5, 0.6) is 0 Å². The van der Waals surface area contributed by atoms with Crippen LogP contribution < -0.4 is 0 Å². The lowest BCUT2D eigenvalue weighted by atomic mass is 10.0. The van der Waals surface area contributed by atoms with Crippen molar-refractivity contribution >= 4 is 11.3 Å². The van der Waals surface area contributed by atoms with Crippen LogP contribution in [0.25, 0.3) is 11.3 Å².